The first kappa shape index (κ1) is 21.8. The van der Waals surface area contributed by atoms with Crippen LogP contribution in [-0.2, 0) is 6.54 Å². The van der Waals surface area contributed by atoms with Gasteiger partial charge in [-0.2, -0.15) is 5.10 Å². The molecule has 1 aromatic heterocycles. The molecule has 5 heteroatoms. The predicted octanol–water partition coefficient (Wildman–Crippen LogP) is 4.90. The van der Waals surface area contributed by atoms with Crippen molar-refractivity contribution in [2.24, 2.45) is 0 Å². The molecule has 0 aliphatic carbocycles. The van der Waals surface area contributed by atoms with Crippen molar-refractivity contribution in [3.05, 3.63) is 83.2 Å². The number of carbonyl (C=O) groups excluding carboxylic acids is 1. The van der Waals surface area contributed by atoms with Gasteiger partial charge in [0, 0.05) is 29.4 Å². The number of hydrogen-bond donors (Lipinski definition) is 1. The second-order valence-electron chi connectivity index (χ2n) is 7.98. The third-order valence-corrected chi connectivity index (χ3v) is 5.60. The number of hydrogen-bond acceptors (Lipinski definition) is 3. The van der Waals surface area contributed by atoms with Gasteiger partial charge in [0.05, 0.1) is 17.9 Å². The maximum atomic E-state index is 12.8. The molecule has 0 bridgehead atoms. The first-order valence-corrected chi connectivity index (χ1v) is 10.6. The molecule has 0 aliphatic heterocycles. The Kier molecular flexibility index (Phi) is 7.06. The summed E-state index contributed by atoms with van der Waals surface area (Å²) >= 11 is 0. The van der Waals surface area contributed by atoms with Gasteiger partial charge in [-0.25, -0.2) is 4.68 Å². The van der Waals surface area contributed by atoms with E-state index in [0.29, 0.717) is 11.6 Å². The maximum Gasteiger partial charge on any atom is 0.251 e. The Hall–Kier alpha value is -2.92. The molecule has 1 amide bonds. The Balaban J connectivity index is 1.67. The van der Waals surface area contributed by atoms with Crippen molar-refractivity contribution < 1.29 is 4.79 Å². The van der Waals surface area contributed by atoms with Crippen molar-refractivity contribution in [1.82, 2.24) is 20.0 Å². The summed E-state index contributed by atoms with van der Waals surface area (Å²) in [7, 11) is 0. The molecule has 3 aromatic rings. The monoisotopic (exact) mass is 404 g/mol. The minimum atomic E-state index is -0.133. The molecule has 0 radical (unpaired) electrons. The topological polar surface area (TPSA) is 50.2 Å². The van der Waals surface area contributed by atoms with Gasteiger partial charge in [-0.05, 0) is 64.1 Å². The van der Waals surface area contributed by atoms with Crippen LogP contribution in [0, 0.1) is 6.92 Å². The summed E-state index contributed by atoms with van der Waals surface area (Å²) in [5.74, 6) is -0.0721. The van der Waals surface area contributed by atoms with E-state index in [2.05, 4.69) is 36.1 Å². The van der Waals surface area contributed by atoms with Crippen LogP contribution in [0.15, 0.2) is 60.8 Å². The normalized spacial score (nSPS) is 12.4. The molecule has 1 N–H and O–H groups in total. The summed E-state index contributed by atoms with van der Waals surface area (Å²) in [5, 5.41) is 7.61. The molecule has 5 nitrogen and oxygen atoms in total. The zero-order chi connectivity index (χ0) is 21.7. The number of nitrogens with one attached hydrogen (secondary N) is 1. The average Bonchev–Trinajstić information content (AvgIpc) is 3.14. The summed E-state index contributed by atoms with van der Waals surface area (Å²) in [5.41, 5.74) is 4.94. The number of rotatable bonds is 8. The van der Waals surface area contributed by atoms with Crippen LogP contribution >= 0.6 is 0 Å². The Morgan fingerprint density at radius 1 is 1.07 bits per heavy atom. The molecule has 0 aliphatic rings. The fraction of sp³-hybridized carbons (Fsp3) is 0.360. The summed E-state index contributed by atoms with van der Waals surface area (Å²) in [6.45, 7) is 12.5. The van der Waals surface area contributed by atoms with Crippen LogP contribution in [0.25, 0.3) is 5.69 Å². The third kappa shape index (κ3) is 4.97. The highest BCUT2D eigenvalue weighted by Crippen LogP contribution is 2.20. The number of benzene rings is 2. The van der Waals surface area contributed by atoms with Crippen LogP contribution in [0.3, 0.4) is 0 Å². The van der Waals surface area contributed by atoms with E-state index in [1.54, 1.807) is 0 Å². The number of carbonyl (C=O) groups is 1. The van der Waals surface area contributed by atoms with E-state index >= 15 is 0 Å². The third-order valence-electron chi connectivity index (χ3n) is 5.60. The second kappa shape index (κ2) is 9.72. The molecular formula is C25H32N4O. The van der Waals surface area contributed by atoms with Gasteiger partial charge in [-0.1, -0.05) is 37.3 Å². The van der Waals surface area contributed by atoms with Crippen molar-refractivity contribution in [1.29, 1.82) is 0 Å². The van der Waals surface area contributed by atoms with Crippen molar-refractivity contribution >= 4 is 5.91 Å². The number of aromatic nitrogens is 2. The van der Waals surface area contributed by atoms with Crippen molar-refractivity contribution in [2.45, 2.75) is 53.2 Å². The lowest BCUT2D eigenvalue weighted by Gasteiger charge is -2.24. The largest absolute Gasteiger partial charge is 0.345 e. The van der Waals surface area contributed by atoms with Crippen LogP contribution in [-0.4, -0.2) is 33.2 Å². The van der Waals surface area contributed by atoms with E-state index in [1.165, 1.54) is 5.56 Å². The van der Waals surface area contributed by atoms with Gasteiger partial charge in [-0.15, -0.1) is 0 Å². The van der Waals surface area contributed by atoms with Gasteiger partial charge in [0.15, 0.2) is 0 Å². The summed E-state index contributed by atoms with van der Waals surface area (Å²) < 4.78 is 1.90. The lowest BCUT2D eigenvalue weighted by atomic mass is 10.1. The van der Waals surface area contributed by atoms with Gasteiger partial charge >= 0.3 is 0 Å². The van der Waals surface area contributed by atoms with Gasteiger partial charge in [-0.3, -0.25) is 9.69 Å². The number of nitrogens with zero attached hydrogens (tertiary/aromatic N) is 3. The van der Waals surface area contributed by atoms with E-state index in [9.17, 15) is 4.79 Å². The highest BCUT2D eigenvalue weighted by atomic mass is 16.1. The molecule has 158 valence electrons. The van der Waals surface area contributed by atoms with Gasteiger partial charge in [0.2, 0.25) is 0 Å². The predicted molar refractivity (Wildman–Crippen MR) is 122 cm³/mol. The summed E-state index contributed by atoms with van der Waals surface area (Å²) in [4.78, 5) is 15.2. The number of para-hydroxylation sites is 1. The van der Waals surface area contributed by atoms with E-state index < -0.39 is 0 Å². The Labute approximate surface area is 179 Å². The molecule has 1 atom stereocenters. The number of amides is 1. The average molecular weight is 405 g/mol. The van der Waals surface area contributed by atoms with Crippen molar-refractivity contribution in [2.75, 3.05) is 6.54 Å². The maximum absolute atomic E-state index is 12.8. The summed E-state index contributed by atoms with van der Waals surface area (Å²) in [6, 6.07) is 18.3. The fourth-order valence-electron chi connectivity index (χ4n) is 3.69. The van der Waals surface area contributed by atoms with E-state index in [-0.39, 0.29) is 11.9 Å². The highest BCUT2D eigenvalue weighted by molar-refractivity contribution is 5.94. The van der Waals surface area contributed by atoms with Crippen LogP contribution < -0.4 is 5.32 Å². The highest BCUT2D eigenvalue weighted by Gasteiger charge is 2.17. The smallest absolute Gasteiger partial charge is 0.251 e. The summed E-state index contributed by atoms with van der Waals surface area (Å²) in [6.07, 6.45) is 1.83. The standard InChI is InChI=1S/C25H32N4O/c1-6-28(18(2)3)17-21-12-14-22(15-13-21)25(30)27-19(4)24-16-26-29(20(24)5)23-10-8-7-9-11-23/h7-16,18-19H,6,17H2,1-5H3,(H,27,30). The van der Waals surface area contributed by atoms with E-state index in [0.717, 1.165) is 30.0 Å². The van der Waals surface area contributed by atoms with Gasteiger partial charge in [0.25, 0.3) is 5.91 Å². The van der Waals surface area contributed by atoms with Crippen molar-refractivity contribution in [3.8, 4) is 5.69 Å². The molecule has 0 saturated carbocycles. The molecule has 3 rings (SSSR count). The SMILES string of the molecule is CCN(Cc1ccc(C(=O)NC(C)c2cnn(-c3ccccc3)c2C)cc1)C(C)C. The molecule has 1 heterocycles. The minimum Gasteiger partial charge on any atom is -0.345 e. The molecule has 0 fully saturated rings. The van der Waals surface area contributed by atoms with Crippen LogP contribution in [0.2, 0.25) is 0 Å². The Morgan fingerprint density at radius 2 is 1.73 bits per heavy atom. The van der Waals surface area contributed by atoms with Gasteiger partial charge < -0.3 is 5.32 Å². The minimum absolute atomic E-state index is 0.0721. The second-order valence-corrected chi connectivity index (χ2v) is 7.98. The molecular weight excluding hydrogens is 372 g/mol. The van der Waals surface area contributed by atoms with Crippen molar-refractivity contribution in [3.63, 3.8) is 0 Å². The molecule has 0 spiro atoms. The zero-order valence-electron chi connectivity index (χ0n) is 18.6. The first-order valence-electron chi connectivity index (χ1n) is 10.6. The van der Waals surface area contributed by atoms with Crippen LogP contribution in [0.1, 0.15) is 60.9 Å². The molecule has 1 unspecified atom stereocenters. The fourth-order valence-corrected chi connectivity index (χ4v) is 3.69. The van der Waals surface area contributed by atoms with Gasteiger partial charge in [0.1, 0.15) is 0 Å². The van der Waals surface area contributed by atoms with E-state index in [1.807, 2.05) is 79.3 Å². The quantitative estimate of drug-likeness (QED) is 0.581. The Bertz CT molecular complexity index is 961. The van der Waals surface area contributed by atoms with E-state index in [4.69, 9.17) is 0 Å². The Morgan fingerprint density at radius 3 is 2.33 bits per heavy atom. The van der Waals surface area contributed by atoms with Crippen LogP contribution in [0.5, 0.6) is 0 Å². The molecule has 0 saturated heterocycles. The lowest BCUT2D eigenvalue weighted by Crippen LogP contribution is -2.30. The first-order chi connectivity index (χ1) is 14.4. The molecule has 2 aromatic carbocycles. The zero-order valence-corrected chi connectivity index (χ0v) is 18.6. The van der Waals surface area contributed by atoms with Crippen LogP contribution in [0.4, 0.5) is 0 Å². The lowest BCUT2D eigenvalue weighted by molar-refractivity contribution is 0.0940. The molecule has 30 heavy (non-hydrogen) atoms.